The molecule has 0 bridgehead atoms. The molecule has 0 amide bonds. The molecular formula is C23H23N3OS. The van der Waals surface area contributed by atoms with Gasteiger partial charge in [-0.3, -0.25) is 4.79 Å². The number of nitrogens with one attached hydrogen (secondary N) is 2. The predicted molar refractivity (Wildman–Crippen MR) is 117 cm³/mol. The lowest BCUT2D eigenvalue weighted by Gasteiger charge is -2.22. The summed E-state index contributed by atoms with van der Waals surface area (Å²) >= 11 is 1.56. The first-order chi connectivity index (χ1) is 13.6. The van der Waals surface area contributed by atoms with Gasteiger partial charge in [-0.05, 0) is 23.1 Å². The largest absolute Gasteiger partial charge is 0.309 e. The lowest BCUT2D eigenvalue weighted by Crippen LogP contribution is -2.27. The van der Waals surface area contributed by atoms with Gasteiger partial charge < -0.3 is 10.3 Å². The Morgan fingerprint density at radius 3 is 2.39 bits per heavy atom. The third kappa shape index (κ3) is 3.91. The highest BCUT2D eigenvalue weighted by molar-refractivity contribution is 7.21. The molecule has 1 atom stereocenters. The number of thiophene rings is 1. The van der Waals surface area contributed by atoms with E-state index in [1.54, 1.807) is 11.3 Å². The van der Waals surface area contributed by atoms with Crippen molar-refractivity contribution in [1.29, 1.82) is 0 Å². The number of aromatic amines is 1. The van der Waals surface area contributed by atoms with Crippen LogP contribution in [0.25, 0.3) is 20.7 Å². The number of aromatic nitrogens is 2. The van der Waals surface area contributed by atoms with Gasteiger partial charge in [-0.15, -0.1) is 11.3 Å². The molecule has 0 unspecified atom stereocenters. The summed E-state index contributed by atoms with van der Waals surface area (Å²) in [6, 6.07) is 22.6. The molecule has 0 spiro atoms. The molecule has 2 aromatic heterocycles. The van der Waals surface area contributed by atoms with Gasteiger partial charge in [0.05, 0.1) is 11.9 Å². The average molecular weight is 390 g/mol. The molecule has 2 aromatic carbocycles. The van der Waals surface area contributed by atoms with Gasteiger partial charge in [-0.2, -0.15) is 0 Å². The van der Waals surface area contributed by atoms with Crippen LogP contribution in [0.5, 0.6) is 0 Å². The summed E-state index contributed by atoms with van der Waals surface area (Å²) in [7, 11) is 0. The van der Waals surface area contributed by atoms with E-state index in [2.05, 4.69) is 60.5 Å². The Hall–Kier alpha value is -2.76. The van der Waals surface area contributed by atoms with E-state index >= 15 is 0 Å². The number of fused-ring (bicyclic) bond motifs is 1. The van der Waals surface area contributed by atoms with Gasteiger partial charge in [0.2, 0.25) is 0 Å². The van der Waals surface area contributed by atoms with E-state index in [1.165, 1.54) is 5.56 Å². The molecule has 0 aliphatic carbocycles. The van der Waals surface area contributed by atoms with Gasteiger partial charge in [-0.1, -0.05) is 74.5 Å². The Bertz CT molecular complexity index is 1120. The van der Waals surface area contributed by atoms with E-state index in [4.69, 9.17) is 4.98 Å². The fourth-order valence-electron chi connectivity index (χ4n) is 3.41. The van der Waals surface area contributed by atoms with E-state index in [0.717, 1.165) is 15.3 Å². The van der Waals surface area contributed by atoms with E-state index in [0.29, 0.717) is 23.7 Å². The Kier molecular flexibility index (Phi) is 5.37. The second-order valence-electron chi connectivity index (χ2n) is 7.22. The second kappa shape index (κ2) is 8.09. The Balaban J connectivity index is 1.60. The van der Waals surface area contributed by atoms with Crippen molar-refractivity contribution in [3.8, 4) is 10.4 Å². The van der Waals surface area contributed by atoms with Gasteiger partial charge in [0.15, 0.2) is 0 Å². The zero-order chi connectivity index (χ0) is 19.5. The van der Waals surface area contributed by atoms with Crippen LogP contribution in [0.3, 0.4) is 0 Å². The summed E-state index contributed by atoms with van der Waals surface area (Å²) in [5.41, 5.74) is 2.26. The molecule has 2 N–H and O–H groups in total. The number of H-pyrrole nitrogens is 1. The first kappa shape index (κ1) is 18.6. The van der Waals surface area contributed by atoms with Crippen LogP contribution in [0.15, 0.2) is 71.5 Å². The molecule has 4 nitrogen and oxygen atoms in total. The zero-order valence-electron chi connectivity index (χ0n) is 16.0. The van der Waals surface area contributed by atoms with E-state index in [9.17, 15) is 4.79 Å². The maximum Gasteiger partial charge on any atom is 0.259 e. The highest BCUT2D eigenvalue weighted by atomic mass is 32.1. The average Bonchev–Trinajstić information content (AvgIpc) is 3.14. The van der Waals surface area contributed by atoms with Crippen LogP contribution in [-0.4, -0.2) is 9.97 Å². The highest BCUT2D eigenvalue weighted by Gasteiger charge is 2.16. The van der Waals surface area contributed by atoms with Crippen LogP contribution < -0.4 is 10.9 Å². The molecule has 0 saturated carbocycles. The van der Waals surface area contributed by atoms with Crippen molar-refractivity contribution in [2.45, 2.75) is 26.4 Å². The first-order valence-electron chi connectivity index (χ1n) is 9.48. The first-order valence-corrected chi connectivity index (χ1v) is 10.3. The molecule has 0 saturated heterocycles. The van der Waals surface area contributed by atoms with Crippen LogP contribution in [0.2, 0.25) is 0 Å². The van der Waals surface area contributed by atoms with Crippen molar-refractivity contribution in [1.82, 2.24) is 15.3 Å². The smallest absolute Gasteiger partial charge is 0.259 e. The van der Waals surface area contributed by atoms with Crippen LogP contribution in [0.4, 0.5) is 0 Å². The van der Waals surface area contributed by atoms with Crippen molar-refractivity contribution in [2.24, 2.45) is 5.92 Å². The van der Waals surface area contributed by atoms with Crippen LogP contribution >= 0.6 is 11.3 Å². The maximum atomic E-state index is 12.6. The van der Waals surface area contributed by atoms with Gasteiger partial charge in [-0.25, -0.2) is 4.98 Å². The third-order valence-corrected chi connectivity index (χ3v) is 5.90. The fourth-order valence-corrected chi connectivity index (χ4v) is 4.47. The second-order valence-corrected chi connectivity index (χ2v) is 8.25. The number of hydrogen-bond donors (Lipinski definition) is 2. The Morgan fingerprint density at radius 1 is 1.04 bits per heavy atom. The van der Waals surface area contributed by atoms with Crippen LogP contribution in [-0.2, 0) is 6.54 Å². The van der Waals surface area contributed by atoms with Crippen molar-refractivity contribution in [3.05, 3.63) is 88.5 Å². The Morgan fingerprint density at radius 2 is 1.71 bits per heavy atom. The molecule has 2 heterocycles. The normalized spacial score (nSPS) is 12.5. The minimum absolute atomic E-state index is 0.0824. The number of benzene rings is 2. The van der Waals surface area contributed by atoms with E-state index in [1.807, 2.05) is 30.3 Å². The minimum Gasteiger partial charge on any atom is -0.309 e. The quantitative estimate of drug-likeness (QED) is 0.480. The summed E-state index contributed by atoms with van der Waals surface area (Å²) in [6.07, 6.45) is 0. The SMILES string of the molecule is CC(C)[C@H](NCc1nc2sc(-c3ccccc3)cc2c(=O)[nH]1)c1ccccc1. The topological polar surface area (TPSA) is 57.8 Å². The lowest BCUT2D eigenvalue weighted by atomic mass is 9.96. The van der Waals surface area contributed by atoms with Crippen molar-refractivity contribution in [2.75, 3.05) is 0 Å². The highest BCUT2D eigenvalue weighted by Crippen LogP contribution is 2.30. The zero-order valence-corrected chi connectivity index (χ0v) is 16.8. The van der Waals surface area contributed by atoms with Gasteiger partial charge in [0.1, 0.15) is 10.7 Å². The molecule has 28 heavy (non-hydrogen) atoms. The summed E-state index contributed by atoms with van der Waals surface area (Å²) in [5, 5.41) is 4.20. The van der Waals surface area contributed by atoms with Crippen LogP contribution in [0.1, 0.15) is 31.3 Å². The summed E-state index contributed by atoms with van der Waals surface area (Å²) in [6.45, 7) is 4.90. The van der Waals surface area contributed by atoms with Gasteiger partial charge in [0.25, 0.3) is 5.56 Å². The Labute approximate surface area is 168 Å². The molecule has 4 rings (SSSR count). The number of nitrogens with zero attached hydrogens (tertiary/aromatic N) is 1. The van der Waals surface area contributed by atoms with Crippen molar-refractivity contribution in [3.63, 3.8) is 0 Å². The number of rotatable bonds is 6. The van der Waals surface area contributed by atoms with Crippen molar-refractivity contribution >= 4 is 21.6 Å². The van der Waals surface area contributed by atoms with E-state index in [-0.39, 0.29) is 11.6 Å². The lowest BCUT2D eigenvalue weighted by molar-refractivity contribution is 0.406. The molecule has 0 aliphatic rings. The molecule has 0 aliphatic heterocycles. The summed E-state index contributed by atoms with van der Waals surface area (Å²) in [5.74, 6) is 1.09. The third-order valence-electron chi connectivity index (χ3n) is 4.82. The molecule has 4 aromatic rings. The van der Waals surface area contributed by atoms with E-state index < -0.39 is 0 Å². The molecule has 5 heteroatoms. The van der Waals surface area contributed by atoms with Crippen molar-refractivity contribution < 1.29 is 0 Å². The minimum atomic E-state index is -0.0824. The molecule has 0 radical (unpaired) electrons. The monoisotopic (exact) mass is 389 g/mol. The fraction of sp³-hybridized carbons (Fsp3) is 0.217. The number of hydrogen-bond acceptors (Lipinski definition) is 4. The molecular weight excluding hydrogens is 366 g/mol. The van der Waals surface area contributed by atoms with Crippen LogP contribution in [0, 0.1) is 5.92 Å². The molecule has 142 valence electrons. The predicted octanol–water partition coefficient (Wildman–Crippen LogP) is 5.14. The van der Waals surface area contributed by atoms with Gasteiger partial charge in [0, 0.05) is 10.9 Å². The summed E-state index contributed by atoms with van der Waals surface area (Å²) in [4.78, 5) is 22.1. The molecule has 0 fully saturated rings. The van der Waals surface area contributed by atoms with Gasteiger partial charge >= 0.3 is 0 Å². The summed E-state index contributed by atoms with van der Waals surface area (Å²) < 4.78 is 0. The standard InChI is InChI=1S/C23H23N3OS/c1-15(2)21(17-11-7-4-8-12-17)24-14-20-25-22(27)18-13-19(28-23(18)26-20)16-9-5-3-6-10-16/h3-13,15,21,24H,14H2,1-2H3,(H,25,26,27)/t21-/m0/s1. The maximum absolute atomic E-state index is 12.6.